The highest BCUT2D eigenvalue weighted by Gasteiger charge is 2.10. The van der Waals surface area contributed by atoms with Crippen LogP contribution in [-0.2, 0) is 0 Å². The molecule has 1 N–H and O–H groups in total. The molecule has 2 aromatic rings. The minimum Gasteiger partial charge on any atom is -0.508 e. The van der Waals surface area contributed by atoms with Crippen LogP contribution in [0.1, 0.15) is 15.9 Å². The van der Waals surface area contributed by atoms with Gasteiger partial charge in [0.05, 0.1) is 5.56 Å². The van der Waals surface area contributed by atoms with E-state index >= 15 is 0 Å². The molecule has 0 aliphatic rings. The summed E-state index contributed by atoms with van der Waals surface area (Å²) in [5, 5.41) is 9.49. The van der Waals surface area contributed by atoms with Crippen molar-refractivity contribution in [2.45, 2.75) is 6.92 Å². The van der Waals surface area contributed by atoms with Crippen molar-refractivity contribution in [1.29, 1.82) is 0 Å². The second-order valence-corrected chi connectivity index (χ2v) is 3.66. The van der Waals surface area contributed by atoms with Crippen molar-refractivity contribution in [3.63, 3.8) is 0 Å². The Morgan fingerprint density at radius 3 is 2.47 bits per heavy atom. The number of carbonyl (C=O) groups is 1. The van der Waals surface area contributed by atoms with Gasteiger partial charge in [0.25, 0.3) is 0 Å². The van der Waals surface area contributed by atoms with Gasteiger partial charge in [0.2, 0.25) is 0 Å². The Morgan fingerprint density at radius 1 is 1.06 bits per heavy atom. The van der Waals surface area contributed by atoms with Gasteiger partial charge in [-0.15, -0.1) is 0 Å². The standard InChI is InChI=1S/C14H12O3/c1-10-12(15)8-5-9-13(10)17-14(16)11-6-3-2-4-7-11/h2-9,15H,1H3. The maximum atomic E-state index is 11.8. The second-order valence-electron chi connectivity index (χ2n) is 3.66. The van der Waals surface area contributed by atoms with Crippen LogP contribution in [0.4, 0.5) is 0 Å². The van der Waals surface area contributed by atoms with Crippen LogP contribution in [0.3, 0.4) is 0 Å². The first-order valence-corrected chi connectivity index (χ1v) is 5.24. The Morgan fingerprint density at radius 2 is 1.76 bits per heavy atom. The highest BCUT2D eigenvalue weighted by atomic mass is 16.5. The van der Waals surface area contributed by atoms with Gasteiger partial charge in [0.15, 0.2) is 0 Å². The second kappa shape index (κ2) is 4.70. The van der Waals surface area contributed by atoms with Gasteiger partial charge in [-0.1, -0.05) is 24.3 Å². The number of rotatable bonds is 2. The van der Waals surface area contributed by atoms with E-state index in [2.05, 4.69) is 0 Å². The molecule has 2 aromatic carbocycles. The number of phenolic OH excluding ortho intramolecular Hbond substituents is 1. The molecule has 0 unspecified atom stereocenters. The van der Waals surface area contributed by atoms with Crippen molar-refractivity contribution < 1.29 is 14.6 Å². The molecule has 2 rings (SSSR count). The van der Waals surface area contributed by atoms with Crippen molar-refractivity contribution in [2.75, 3.05) is 0 Å². The van der Waals surface area contributed by atoms with E-state index in [1.165, 1.54) is 0 Å². The fraction of sp³-hybridized carbons (Fsp3) is 0.0714. The van der Waals surface area contributed by atoms with Gasteiger partial charge >= 0.3 is 5.97 Å². The molecular formula is C14H12O3. The maximum absolute atomic E-state index is 11.8. The quantitative estimate of drug-likeness (QED) is 0.635. The van der Waals surface area contributed by atoms with Crippen LogP contribution >= 0.6 is 0 Å². The van der Waals surface area contributed by atoms with Crippen LogP contribution in [-0.4, -0.2) is 11.1 Å². The smallest absolute Gasteiger partial charge is 0.343 e. The normalized spacial score (nSPS) is 9.94. The Balaban J connectivity index is 2.22. The Kier molecular flexibility index (Phi) is 3.10. The van der Waals surface area contributed by atoms with E-state index in [0.717, 1.165) is 0 Å². The molecule has 17 heavy (non-hydrogen) atoms. The summed E-state index contributed by atoms with van der Waals surface area (Å²) in [5.74, 6) is 0.0570. The van der Waals surface area contributed by atoms with Gasteiger partial charge < -0.3 is 9.84 Å². The summed E-state index contributed by atoms with van der Waals surface area (Å²) >= 11 is 0. The first-order valence-electron chi connectivity index (χ1n) is 5.24. The molecule has 0 atom stereocenters. The predicted molar refractivity (Wildman–Crippen MR) is 64.2 cm³/mol. The summed E-state index contributed by atoms with van der Waals surface area (Å²) in [6.07, 6.45) is 0. The summed E-state index contributed by atoms with van der Waals surface area (Å²) in [5.41, 5.74) is 1.03. The lowest BCUT2D eigenvalue weighted by Crippen LogP contribution is -2.08. The van der Waals surface area contributed by atoms with Crippen molar-refractivity contribution in [3.05, 3.63) is 59.7 Å². The summed E-state index contributed by atoms with van der Waals surface area (Å²) in [4.78, 5) is 11.8. The molecule has 0 spiro atoms. The number of hydrogen-bond donors (Lipinski definition) is 1. The van der Waals surface area contributed by atoms with Gasteiger partial charge in [-0.25, -0.2) is 4.79 Å². The largest absolute Gasteiger partial charge is 0.508 e. The molecule has 0 radical (unpaired) electrons. The van der Waals surface area contributed by atoms with Crippen molar-refractivity contribution in [2.24, 2.45) is 0 Å². The number of hydrogen-bond acceptors (Lipinski definition) is 3. The highest BCUT2D eigenvalue weighted by Crippen LogP contribution is 2.26. The fourth-order valence-corrected chi connectivity index (χ4v) is 1.45. The van der Waals surface area contributed by atoms with Crippen molar-refractivity contribution >= 4 is 5.97 Å². The lowest BCUT2D eigenvalue weighted by Gasteiger charge is -2.08. The molecule has 0 bridgehead atoms. The molecule has 0 aliphatic heterocycles. The Hall–Kier alpha value is -2.29. The predicted octanol–water partition coefficient (Wildman–Crippen LogP) is 2.92. The SMILES string of the molecule is Cc1c(O)cccc1OC(=O)c1ccccc1. The number of carbonyl (C=O) groups excluding carboxylic acids is 1. The first kappa shape index (κ1) is 11.2. The van der Waals surface area contributed by atoms with Gasteiger partial charge in [-0.05, 0) is 31.2 Å². The van der Waals surface area contributed by atoms with Gasteiger partial charge in [0, 0.05) is 5.56 Å². The minimum atomic E-state index is -0.431. The number of ether oxygens (including phenoxy) is 1. The molecule has 0 heterocycles. The van der Waals surface area contributed by atoms with Crippen molar-refractivity contribution in [3.8, 4) is 11.5 Å². The van der Waals surface area contributed by atoms with E-state index in [-0.39, 0.29) is 5.75 Å². The van der Waals surface area contributed by atoms with E-state index in [9.17, 15) is 9.90 Å². The van der Waals surface area contributed by atoms with Crippen LogP contribution in [0, 0.1) is 6.92 Å². The Labute approximate surface area is 99.3 Å². The molecule has 0 aliphatic carbocycles. The molecule has 0 saturated heterocycles. The molecule has 3 heteroatoms. The van der Waals surface area contributed by atoms with Crippen molar-refractivity contribution in [1.82, 2.24) is 0 Å². The number of aromatic hydroxyl groups is 1. The molecule has 0 aromatic heterocycles. The van der Waals surface area contributed by atoms with E-state index in [1.807, 2.05) is 6.07 Å². The summed E-state index contributed by atoms with van der Waals surface area (Å²) in [6.45, 7) is 1.70. The average molecular weight is 228 g/mol. The van der Waals surface area contributed by atoms with Gasteiger partial charge in [0.1, 0.15) is 11.5 Å². The van der Waals surface area contributed by atoms with E-state index < -0.39 is 5.97 Å². The summed E-state index contributed by atoms with van der Waals surface area (Å²) in [7, 11) is 0. The van der Waals surface area contributed by atoms with Gasteiger partial charge in [-0.3, -0.25) is 0 Å². The number of benzene rings is 2. The minimum absolute atomic E-state index is 0.114. The third-order valence-corrected chi connectivity index (χ3v) is 2.47. The lowest BCUT2D eigenvalue weighted by atomic mass is 10.2. The van der Waals surface area contributed by atoms with Crippen LogP contribution < -0.4 is 4.74 Å². The van der Waals surface area contributed by atoms with Gasteiger partial charge in [-0.2, -0.15) is 0 Å². The molecule has 0 saturated carbocycles. The monoisotopic (exact) mass is 228 g/mol. The highest BCUT2D eigenvalue weighted by molar-refractivity contribution is 5.91. The van der Waals surface area contributed by atoms with E-state index in [4.69, 9.17) is 4.74 Å². The first-order chi connectivity index (χ1) is 8.18. The average Bonchev–Trinajstić information content (AvgIpc) is 2.36. The summed E-state index contributed by atoms with van der Waals surface area (Å²) < 4.78 is 5.21. The number of phenols is 1. The lowest BCUT2D eigenvalue weighted by molar-refractivity contribution is 0.0733. The maximum Gasteiger partial charge on any atom is 0.343 e. The zero-order valence-electron chi connectivity index (χ0n) is 9.38. The molecule has 86 valence electrons. The van der Waals surface area contributed by atoms with Crippen LogP contribution in [0.15, 0.2) is 48.5 Å². The van der Waals surface area contributed by atoms with E-state index in [1.54, 1.807) is 49.4 Å². The van der Waals surface area contributed by atoms with E-state index in [0.29, 0.717) is 16.9 Å². The molecular weight excluding hydrogens is 216 g/mol. The van der Waals surface area contributed by atoms with Crippen LogP contribution in [0.2, 0.25) is 0 Å². The number of esters is 1. The third kappa shape index (κ3) is 2.45. The molecule has 0 fully saturated rings. The van der Waals surface area contributed by atoms with Crippen LogP contribution in [0.5, 0.6) is 11.5 Å². The summed E-state index contributed by atoms with van der Waals surface area (Å²) in [6, 6.07) is 13.6. The topological polar surface area (TPSA) is 46.5 Å². The zero-order valence-corrected chi connectivity index (χ0v) is 9.38. The third-order valence-electron chi connectivity index (χ3n) is 2.47. The fourth-order valence-electron chi connectivity index (χ4n) is 1.45. The molecule has 0 amide bonds. The Bertz CT molecular complexity index is 532. The zero-order chi connectivity index (χ0) is 12.3. The van der Waals surface area contributed by atoms with Crippen LogP contribution in [0.25, 0.3) is 0 Å². The molecule has 3 nitrogen and oxygen atoms in total.